The van der Waals surface area contributed by atoms with Crippen LogP contribution in [0.1, 0.15) is 66.6 Å². The van der Waals surface area contributed by atoms with Crippen LogP contribution in [0.25, 0.3) is 0 Å². The standard InChI is InChI=1S/C27H29FN4O2/c1-27-16-23(19-10-12-21(28)13-11-19)32(24(27)8-4-5-9-25(33)30-27)26(34)22-7-3-2-6-20(22)17-31-15-14-29-18-31/h2-3,6-7,10-15,18,23-24H,4-5,8-9,16-17H2,1H3,(H,30,33)/t23-,24-,27-/m0/s1. The molecular weight excluding hydrogens is 431 g/mol. The average molecular weight is 461 g/mol. The fraction of sp³-hybridized carbons (Fsp3) is 0.370. The number of amides is 2. The van der Waals surface area contributed by atoms with Crippen LogP contribution >= 0.6 is 0 Å². The fourth-order valence-corrected chi connectivity index (χ4v) is 5.59. The molecule has 0 unspecified atom stereocenters. The SMILES string of the molecule is C[C@]12C[C@@H](c3ccc(F)cc3)N(C(=O)c3ccccc3Cn3ccnc3)[C@H]1CCCCC(=O)N2. The van der Waals surface area contributed by atoms with Crippen molar-refractivity contribution in [2.75, 3.05) is 0 Å². The number of nitrogens with zero attached hydrogens (tertiary/aromatic N) is 3. The first kappa shape index (κ1) is 22.3. The number of benzene rings is 2. The molecule has 0 aliphatic carbocycles. The summed E-state index contributed by atoms with van der Waals surface area (Å²) in [6.45, 7) is 2.58. The first-order chi connectivity index (χ1) is 16.4. The van der Waals surface area contributed by atoms with Gasteiger partial charge < -0.3 is 14.8 Å². The van der Waals surface area contributed by atoms with Gasteiger partial charge in [-0.3, -0.25) is 9.59 Å². The molecule has 176 valence electrons. The third kappa shape index (κ3) is 4.22. The van der Waals surface area contributed by atoms with E-state index in [4.69, 9.17) is 0 Å². The number of hydrogen-bond donors (Lipinski definition) is 1. The lowest BCUT2D eigenvalue weighted by molar-refractivity contribution is -0.123. The molecule has 0 bridgehead atoms. The summed E-state index contributed by atoms with van der Waals surface area (Å²) in [5, 5.41) is 3.24. The van der Waals surface area contributed by atoms with Gasteiger partial charge in [0.2, 0.25) is 5.91 Å². The summed E-state index contributed by atoms with van der Waals surface area (Å²) >= 11 is 0. The summed E-state index contributed by atoms with van der Waals surface area (Å²) in [6, 6.07) is 13.6. The first-order valence-electron chi connectivity index (χ1n) is 11.9. The molecule has 2 aliphatic heterocycles. The molecule has 7 heteroatoms. The summed E-state index contributed by atoms with van der Waals surface area (Å²) in [5.41, 5.74) is 1.88. The average Bonchev–Trinajstić information content (AvgIpc) is 3.42. The molecule has 1 N–H and O–H groups in total. The van der Waals surface area contributed by atoms with Crippen LogP contribution in [0, 0.1) is 5.82 Å². The minimum atomic E-state index is -0.550. The van der Waals surface area contributed by atoms with Crippen LogP contribution in [0.4, 0.5) is 4.39 Å². The van der Waals surface area contributed by atoms with Crippen molar-refractivity contribution in [1.29, 1.82) is 0 Å². The molecule has 34 heavy (non-hydrogen) atoms. The highest BCUT2D eigenvalue weighted by Crippen LogP contribution is 2.46. The van der Waals surface area contributed by atoms with Crippen molar-refractivity contribution in [2.24, 2.45) is 0 Å². The number of nitrogens with one attached hydrogen (secondary N) is 1. The lowest BCUT2D eigenvalue weighted by Gasteiger charge is -2.38. The first-order valence-corrected chi connectivity index (χ1v) is 11.9. The molecule has 0 saturated carbocycles. The molecule has 0 spiro atoms. The van der Waals surface area contributed by atoms with Crippen molar-refractivity contribution < 1.29 is 14.0 Å². The van der Waals surface area contributed by atoms with E-state index >= 15 is 0 Å². The summed E-state index contributed by atoms with van der Waals surface area (Å²) in [6.07, 6.45) is 8.92. The number of rotatable bonds is 4. The number of imidazole rings is 1. The monoisotopic (exact) mass is 460 g/mol. The largest absolute Gasteiger partial charge is 0.349 e. The highest BCUT2D eigenvalue weighted by atomic mass is 19.1. The molecule has 3 heterocycles. The number of fused-ring (bicyclic) bond motifs is 1. The molecule has 0 radical (unpaired) electrons. The van der Waals surface area contributed by atoms with Crippen LogP contribution in [0.5, 0.6) is 0 Å². The van der Waals surface area contributed by atoms with E-state index in [1.54, 1.807) is 24.7 Å². The van der Waals surface area contributed by atoms with Crippen molar-refractivity contribution in [3.05, 3.63) is 89.8 Å². The van der Waals surface area contributed by atoms with Gasteiger partial charge in [0.1, 0.15) is 5.82 Å². The predicted octanol–water partition coefficient (Wildman–Crippen LogP) is 4.48. The van der Waals surface area contributed by atoms with E-state index in [0.29, 0.717) is 24.9 Å². The smallest absolute Gasteiger partial charge is 0.255 e. The maximum Gasteiger partial charge on any atom is 0.255 e. The second-order valence-corrected chi connectivity index (χ2v) is 9.60. The van der Waals surface area contributed by atoms with Crippen molar-refractivity contribution in [2.45, 2.75) is 63.2 Å². The normalized spacial score (nSPS) is 24.8. The number of hydrogen-bond acceptors (Lipinski definition) is 3. The van der Waals surface area contributed by atoms with E-state index in [1.807, 2.05) is 46.9 Å². The van der Waals surface area contributed by atoms with Crippen LogP contribution in [0.2, 0.25) is 0 Å². The molecule has 1 aromatic heterocycles. The number of carbonyl (C=O) groups excluding carboxylic acids is 2. The van der Waals surface area contributed by atoms with Gasteiger partial charge in [-0.2, -0.15) is 0 Å². The van der Waals surface area contributed by atoms with Crippen molar-refractivity contribution >= 4 is 11.8 Å². The Morgan fingerprint density at radius 3 is 2.74 bits per heavy atom. The summed E-state index contributed by atoms with van der Waals surface area (Å²) < 4.78 is 15.7. The zero-order chi connectivity index (χ0) is 23.7. The fourth-order valence-electron chi connectivity index (χ4n) is 5.59. The number of aromatic nitrogens is 2. The van der Waals surface area contributed by atoms with E-state index in [9.17, 15) is 14.0 Å². The highest BCUT2D eigenvalue weighted by Gasteiger charge is 2.52. The minimum absolute atomic E-state index is 0.0277. The van der Waals surface area contributed by atoms with Gasteiger partial charge in [-0.15, -0.1) is 0 Å². The van der Waals surface area contributed by atoms with Gasteiger partial charge in [0.15, 0.2) is 0 Å². The maximum atomic E-state index is 14.2. The summed E-state index contributed by atoms with van der Waals surface area (Å²) in [7, 11) is 0. The van der Waals surface area contributed by atoms with Crippen LogP contribution in [0.3, 0.4) is 0 Å². The van der Waals surface area contributed by atoms with E-state index in [-0.39, 0.29) is 29.7 Å². The van der Waals surface area contributed by atoms with Gasteiger partial charge in [-0.25, -0.2) is 9.37 Å². The zero-order valence-electron chi connectivity index (χ0n) is 19.3. The van der Waals surface area contributed by atoms with Crippen LogP contribution in [-0.2, 0) is 11.3 Å². The lowest BCUT2D eigenvalue weighted by atomic mass is 9.85. The number of likely N-dealkylation sites (tertiary alicyclic amines) is 1. The van der Waals surface area contributed by atoms with Gasteiger partial charge in [0.25, 0.3) is 5.91 Å². The Hall–Kier alpha value is -3.48. The quantitative estimate of drug-likeness (QED) is 0.625. The van der Waals surface area contributed by atoms with Crippen molar-refractivity contribution in [3.8, 4) is 0 Å². The third-order valence-corrected chi connectivity index (χ3v) is 7.23. The van der Waals surface area contributed by atoms with Crippen molar-refractivity contribution in [3.63, 3.8) is 0 Å². The molecule has 3 atom stereocenters. The molecular formula is C27H29FN4O2. The van der Waals surface area contributed by atoms with E-state index in [0.717, 1.165) is 30.4 Å². The van der Waals surface area contributed by atoms with Gasteiger partial charge in [0, 0.05) is 30.9 Å². The molecule has 2 saturated heterocycles. The molecule has 2 aliphatic rings. The highest BCUT2D eigenvalue weighted by molar-refractivity contribution is 5.96. The Morgan fingerprint density at radius 2 is 1.97 bits per heavy atom. The van der Waals surface area contributed by atoms with Crippen molar-refractivity contribution in [1.82, 2.24) is 19.8 Å². The molecule has 2 fully saturated rings. The Kier molecular flexibility index (Phi) is 5.94. The predicted molar refractivity (Wildman–Crippen MR) is 127 cm³/mol. The zero-order valence-corrected chi connectivity index (χ0v) is 19.3. The Morgan fingerprint density at radius 1 is 1.18 bits per heavy atom. The Bertz CT molecular complexity index is 1180. The molecule has 5 rings (SSSR count). The van der Waals surface area contributed by atoms with Gasteiger partial charge in [0.05, 0.1) is 23.9 Å². The van der Waals surface area contributed by atoms with Crippen LogP contribution in [-0.4, -0.2) is 37.8 Å². The molecule has 2 amide bonds. The number of carbonyl (C=O) groups is 2. The summed E-state index contributed by atoms with van der Waals surface area (Å²) in [4.78, 5) is 32.9. The molecule has 3 aromatic rings. The minimum Gasteiger partial charge on any atom is -0.349 e. The van der Waals surface area contributed by atoms with Gasteiger partial charge >= 0.3 is 0 Å². The Labute approximate surface area is 198 Å². The molecule has 2 aromatic carbocycles. The number of halogens is 1. The second-order valence-electron chi connectivity index (χ2n) is 9.60. The molecule has 6 nitrogen and oxygen atoms in total. The van der Waals surface area contributed by atoms with E-state index in [1.165, 1.54) is 12.1 Å². The maximum absolute atomic E-state index is 14.2. The van der Waals surface area contributed by atoms with Gasteiger partial charge in [-0.1, -0.05) is 36.8 Å². The van der Waals surface area contributed by atoms with Crippen LogP contribution in [0.15, 0.2) is 67.3 Å². The second kappa shape index (κ2) is 9.05. The summed E-state index contributed by atoms with van der Waals surface area (Å²) in [5.74, 6) is -0.343. The Balaban J connectivity index is 1.57. The van der Waals surface area contributed by atoms with E-state index < -0.39 is 5.54 Å². The third-order valence-electron chi connectivity index (χ3n) is 7.23. The van der Waals surface area contributed by atoms with E-state index in [2.05, 4.69) is 10.3 Å². The van der Waals surface area contributed by atoms with Gasteiger partial charge in [-0.05, 0) is 55.5 Å². The topological polar surface area (TPSA) is 67.2 Å². The lowest BCUT2D eigenvalue weighted by Crippen LogP contribution is -2.56. The van der Waals surface area contributed by atoms with Crippen LogP contribution < -0.4 is 5.32 Å².